The molecule has 0 saturated carbocycles. The van der Waals surface area contributed by atoms with Crippen LogP contribution < -0.4 is 10.6 Å². The van der Waals surface area contributed by atoms with Crippen LogP contribution >= 0.6 is 7.60 Å². The highest BCUT2D eigenvalue weighted by Crippen LogP contribution is 2.63. The van der Waals surface area contributed by atoms with E-state index in [4.69, 9.17) is 9.05 Å². The van der Waals surface area contributed by atoms with E-state index in [1.165, 1.54) is 0 Å². The third-order valence-electron chi connectivity index (χ3n) is 4.13. The van der Waals surface area contributed by atoms with Crippen molar-refractivity contribution in [3.05, 3.63) is 23.8 Å². The molecular formula is C17H29N2O3P. The van der Waals surface area contributed by atoms with Crippen molar-refractivity contribution < 1.29 is 13.6 Å². The summed E-state index contributed by atoms with van der Waals surface area (Å²) >= 11 is 0. The molecule has 0 spiro atoms. The number of rotatable bonds is 5. The van der Waals surface area contributed by atoms with Gasteiger partial charge in [-0.2, -0.15) is 0 Å². The highest BCUT2D eigenvalue weighted by atomic mass is 31.2. The van der Waals surface area contributed by atoms with Crippen LogP contribution in [0.3, 0.4) is 0 Å². The first-order valence-corrected chi connectivity index (χ1v) is 9.76. The maximum Gasteiger partial charge on any atom is 0.355 e. The van der Waals surface area contributed by atoms with E-state index >= 15 is 0 Å². The number of fused-ring (bicyclic) bond motifs is 1. The smallest absolute Gasteiger partial charge is 0.355 e. The zero-order valence-corrected chi connectivity index (χ0v) is 15.9. The molecule has 0 aliphatic carbocycles. The molecular weight excluding hydrogens is 311 g/mol. The van der Waals surface area contributed by atoms with E-state index in [0.29, 0.717) is 19.6 Å². The fourth-order valence-electron chi connectivity index (χ4n) is 3.35. The lowest BCUT2D eigenvalue weighted by molar-refractivity contribution is 0.196. The highest BCUT2D eigenvalue weighted by Gasteiger charge is 2.51. The molecule has 0 fully saturated rings. The predicted molar refractivity (Wildman–Crippen MR) is 96.4 cm³/mol. The van der Waals surface area contributed by atoms with Gasteiger partial charge in [-0.05, 0) is 53.2 Å². The summed E-state index contributed by atoms with van der Waals surface area (Å²) < 4.78 is 24.8. The van der Waals surface area contributed by atoms with Crippen LogP contribution in [0, 0.1) is 6.92 Å². The summed E-state index contributed by atoms with van der Waals surface area (Å²) in [6.07, 6.45) is 0.603. The van der Waals surface area contributed by atoms with Gasteiger partial charge in [0.2, 0.25) is 0 Å². The third-order valence-corrected chi connectivity index (χ3v) is 6.80. The van der Waals surface area contributed by atoms with Gasteiger partial charge in [0.25, 0.3) is 0 Å². The first-order valence-electron chi connectivity index (χ1n) is 8.21. The summed E-state index contributed by atoms with van der Waals surface area (Å²) in [5.41, 5.74) is 2.81. The molecule has 0 radical (unpaired) electrons. The molecule has 5 nitrogen and oxygen atoms in total. The molecule has 2 rings (SSSR count). The topological polar surface area (TPSA) is 59.6 Å². The van der Waals surface area contributed by atoms with Gasteiger partial charge < -0.3 is 19.7 Å². The Bertz CT molecular complexity index is 608. The second kappa shape index (κ2) is 6.46. The quantitative estimate of drug-likeness (QED) is 0.740. The van der Waals surface area contributed by atoms with Gasteiger partial charge in [0.1, 0.15) is 5.28 Å². The zero-order chi connectivity index (χ0) is 17.3. The third kappa shape index (κ3) is 3.57. The van der Waals surface area contributed by atoms with Crippen LogP contribution in [-0.4, -0.2) is 24.0 Å². The van der Waals surface area contributed by atoms with Crippen molar-refractivity contribution in [1.82, 2.24) is 0 Å². The average Bonchev–Trinajstić information content (AvgIpc) is 2.53. The SMILES string of the molecule is CCOP(=O)(OCC)C1(C)CC(C)(C)Nc2cccc(C)c2N1. The van der Waals surface area contributed by atoms with Gasteiger partial charge in [-0.15, -0.1) is 0 Å². The monoisotopic (exact) mass is 340 g/mol. The van der Waals surface area contributed by atoms with Crippen LogP contribution in [0.15, 0.2) is 18.2 Å². The summed E-state index contributed by atoms with van der Waals surface area (Å²) in [7, 11) is -3.34. The van der Waals surface area contributed by atoms with Crippen molar-refractivity contribution in [2.75, 3.05) is 23.8 Å². The molecule has 1 atom stereocenters. The van der Waals surface area contributed by atoms with E-state index in [-0.39, 0.29) is 5.54 Å². The minimum absolute atomic E-state index is 0.259. The maximum atomic E-state index is 13.5. The molecule has 0 saturated heterocycles. The molecule has 1 aromatic rings. The van der Waals surface area contributed by atoms with Crippen LogP contribution in [0.4, 0.5) is 11.4 Å². The number of hydrogen-bond acceptors (Lipinski definition) is 5. The molecule has 2 N–H and O–H groups in total. The summed E-state index contributed by atoms with van der Waals surface area (Å²) in [5.74, 6) is 0. The van der Waals surface area contributed by atoms with E-state index in [1.807, 2.05) is 45.9 Å². The van der Waals surface area contributed by atoms with Crippen molar-refractivity contribution in [2.45, 2.75) is 58.8 Å². The molecule has 1 heterocycles. The van der Waals surface area contributed by atoms with Crippen molar-refractivity contribution >= 4 is 19.0 Å². The summed E-state index contributed by atoms with van der Waals surface area (Å²) in [5, 5.41) is 6.24. The molecule has 6 heteroatoms. The Morgan fingerprint density at radius 3 is 2.30 bits per heavy atom. The van der Waals surface area contributed by atoms with E-state index in [0.717, 1.165) is 16.9 Å². The predicted octanol–water partition coefficient (Wildman–Crippen LogP) is 4.98. The fourth-order valence-corrected chi connectivity index (χ4v) is 5.51. The van der Waals surface area contributed by atoms with Crippen molar-refractivity contribution in [3.8, 4) is 0 Å². The first-order chi connectivity index (χ1) is 10.7. The van der Waals surface area contributed by atoms with Gasteiger partial charge in [-0.1, -0.05) is 12.1 Å². The van der Waals surface area contributed by atoms with E-state index in [1.54, 1.807) is 0 Å². The minimum atomic E-state index is -3.34. The Kier molecular flexibility index (Phi) is 5.15. The van der Waals surface area contributed by atoms with E-state index in [2.05, 4.69) is 24.5 Å². The highest BCUT2D eigenvalue weighted by molar-refractivity contribution is 7.55. The second-order valence-corrected chi connectivity index (χ2v) is 9.41. The lowest BCUT2D eigenvalue weighted by Crippen LogP contribution is -2.43. The Morgan fingerprint density at radius 1 is 1.13 bits per heavy atom. The molecule has 0 amide bonds. The van der Waals surface area contributed by atoms with Gasteiger partial charge in [-0.3, -0.25) is 4.57 Å². The fraction of sp³-hybridized carbons (Fsp3) is 0.647. The molecule has 0 bridgehead atoms. The summed E-state index contributed by atoms with van der Waals surface area (Å²) in [4.78, 5) is 0. The molecule has 1 aromatic carbocycles. The van der Waals surface area contributed by atoms with Crippen LogP contribution in [0.25, 0.3) is 0 Å². The number of para-hydroxylation sites is 1. The van der Waals surface area contributed by atoms with Crippen LogP contribution in [0.1, 0.15) is 46.6 Å². The van der Waals surface area contributed by atoms with Crippen molar-refractivity contribution in [3.63, 3.8) is 0 Å². The largest absolute Gasteiger partial charge is 0.378 e. The Hall–Kier alpha value is -1.03. The lowest BCUT2D eigenvalue weighted by Gasteiger charge is -2.40. The van der Waals surface area contributed by atoms with Crippen LogP contribution in [-0.2, 0) is 13.6 Å². The summed E-state index contributed by atoms with van der Waals surface area (Å²) in [6, 6.07) is 6.10. The number of hydrogen-bond donors (Lipinski definition) is 2. The van der Waals surface area contributed by atoms with Crippen LogP contribution in [0.5, 0.6) is 0 Å². The molecule has 23 heavy (non-hydrogen) atoms. The molecule has 1 aliphatic rings. The van der Waals surface area contributed by atoms with Crippen LogP contribution in [0.2, 0.25) is 0 Å². The van der Waals surface area contributed by atoms with Gasteiger partial charge in [0.05, 0.1) is 24.6 Å². The van der Waals surface area contributed by atoms with Gasteiger partial charge in [0.15, 0.2) is 0 Å². The van der Waals surface area contributed by atoms with Gasteiger partial charge in [-0.25, -0.2) is 0 Å². The number of anilines is 2. The molecule has 130 valence electrons. The molecule has 1 unspecified atom stereocenters. The van der Waals surface area contributed by atoms with Gasteiger partial charge >= 0.3 is 7.60 Å². The Balaban J connectivity index is 2.56. The van der Waals surface area contributed by atoms with E-state index < -0.39 is 12.9 Å². The zero-order valence-electron chi connectivity index (χ0n) is 15.0. The number of nitrogens with one attached hydrogen (secondary N) is 2. The van der Waals surface area contributed by atoms with Crippen molar-refractivity contribution in [1.29, 1.82) is 0 Å². The summed E-state index contributed by atoms with van der Waals surface area (Å²) in [6.45, 7) is 12.6. The molecule has 0 aromatic heterocycles. The second-order valence-electron chi connectivity index (χ2n) is 6.92. The number of benzene rings is 1. The number of aryl methyl sites for hydroxylation is 1. The molecule has 1 aliphatic heterocycles. The Labute approximate surface area is 139 Å². The standard InChI is InChI=1S/C17H29N2O3P/c1-7-21-23(20,22-8-2)17(6)12-16(4,5)18-14-11-9-10-13(3)15(14)19-17/h9-11,18-19H,7-8,12H2,1-6H3. The normalized spacial score (nSPS) is 23.4. The average molecular weight is 340 g/mol. The maximum absolute atomic E-state index is 13.5. The van der Waals surface area contributed by atoms with E-state index in [9.17, 15) is 4.57 Å². The lowest BCUT2D eigenvalue weighted by atomic mass is 9.96. The Morgan fingerprint density at radius 2 is 1.74 bits per heavy atom. The van der Waals surface area contributed by atoms with Crippen molar-refractivity contribution in [2.24, 2.45) is 0 Å². The van der Waals surface area contributed by atoms with Gasteiger partial charge in [0, 0.05) is 12.0 Å². The first kappa shape index (κ1) is 18.3. The minimum Gasteiger partial charge on any atom is -0.378 e.